The molecule has 84 valence electrons. The molecular weight excluding hydrogens is 176 g/mol. The summed E-state index contributed by atoms with van der Waals surface area (Å²) in [6, 6.07) is 0.228. The molecule has 0 rings (SSSR count). The van der Waals surface area contributed by atoms with Crippen LogP contribution < -0.4 is 11.1 Å². The Bertz CT molecular complexity index is 176. The van der Waals surface area contributed by atoms with Crippen LogP contribution in [0, 0.1) is 5.41 Å². The van der Waals surface area contributed by atoms with Crippen LogP contribution in [0.1, 0.15) is 47.0 Å². The molecule has 0 aliphatic rings. The molecule has 1 unspecified atom stereocenters. The second-order valence-corrected chi connectivity index (χ2v) is 4.61. The van der Waals surface area contributed by atoms with Gasteiger partial charge in [-0.25, -0.2) is 0 Å². The van der Waals surface area contributed by atoms with Gasteiger partial charge >= 0.3 is 0 Å². The van der Waals surface area contributed by atoms with E-state index in [1.54, 1.807) is 0 Å². The van der Waals surface area contributed by atoms with Gasteiger partial charge in [0, 0.05) is 18.0 Å². The number of carbonyl (C=O) groups excluding carboxylic acids is 1. The average molecular weight is 200 g/mol. The molecule has 0 aliphatic carbocycles. The molecule has 1 atom stereocenters. The first-order valence-electron chi connectivity index (χ1n) is 5.44. The molecule has 0 aromatic heterocycles. The Morgan fingerprint density at radius 3 is 2.50 bits per heavy atom. The summed E-state index contributed by atoms with van der Waals surface area (Å²) in [5.41, 5.74) is 5.37. The van der Waals surface area contributed by atoms with Gasteiger partial charge in [-0.05, 0) is 26.2 Å². The lowest BCUT2D eigenvalue weighted by Gasteiger charge is -2.21. The summed E-state index contributed by atoms with van der Waals surface area (Å²) in [5.74, 6) is 0.143. The van der Waals surface area contributed by atoms with Crippen LogP contribution in [0.15, 0.2) is 0 Å². The van der Waals surface area contributed by atoms with Crippen LogP contribution in [0.4, 0.5) is 0 Å². The van der Waals surface area contributed by atoms with Crippen molar-refractivity contribution in [3.05, 3.63) is 0 Å². The van der Waals surface area contributed by atoms with Crippen molar-refractivity contribution in [3.8, 4) is 0 Å². The van der Waals surface area contributed by atoms with Gasteiger partial charge in [0.15, 0.2) is 0 Å². The van der Waals surface area contributed by atoms with Gasteiger partial charge < -0.3 is 11.1 Å². The van der Waals surface area contributed by atoms with E-state index < -0.39 is 0 Å². The van der Waals surface area contributed by atoms with E-state index in [1.165, 1.54) is 0 Å². The van der Waals surface area contributed by atoms with Crippen LogP contribution in [0.5, 0.6) is 0 Å². The fourth-order valence-electron chi connectivity index (χ4n) is 1.03. The molecule has 0 aromatic carbocycles. The smallest absolute Gasteiger partial charge is 0.225 e. The molecule has 0 heterocycles. The third kappa shape index (κ3) is 5.22. The van der Waals surface area contributed by atoms with Gasteiger partial charge in [0.2, 0.25) is 5.91 Å². The molecule has 3 nitrogen and oxygen atoms in total. The van der Waals surface area contributed by atoms with E-state index in [4.69, 9.17) is 5.73 Å². The number of hydrogen-bond acceptors (Lipinski definition) is 2. The molecule has 0 aliphatic heterocycles. The van der Waals surface area contributed by atoms with Gasteiger partial charge in [0.25, 0.3) is 0 Å². The molecule has 1 amide bonds. The molecule has 3 heteroatoms. The van der Waals surface area contributed by atoms with Crippen LogP contribution >= 0.6 is 0 Å². The second-order valence-electron chi connectivity index (χ2n) is 4.61. The molecule has 0 spiro atoms. The highest BCUT2D eigenvalue weighted by Crippen LogP contribution is 2.19. The van der Waals surface area contributed by atoms with Gasteiger partial charge in [-0.3, -0.25) is 4.79 Å². The highest BCUT2D eigenvalue weighted by atomic mass is 16.2. The summed E-state index contributed by atoms with van der Waals surface area (Å²) < 4.78 is 0. The molecule has 0 saturated heterocycles. The first kappa shape index (κ1) is 13.4. The van der Waals surface area contributed by atoms with Crippen molar-refractivity contribution in [2.45, 2.75) is 53.0 Å². The van der Waals surface area contributed by atoms with Crippen molar-refractivity contribution in [2.24, 2.45) is 11.1 Å². The summed E-state index contributed by atoms with van der Waals surface area (Å²) in [6.45, 7) is 8.69. The third-order valence-corrected chi connectivity index (χ3v) is 2.62. The van der Waals surface area contributed by atoms with E-state index >= 15 is 0 Å². The van der Waals surface area contributed by atoms with Crippen molar-refractivity contribution in [3.63, 3.8) is 0 Å². The largest absolute Gasteiger partial charge is 0.356 e. The minimum atomic E-state index is -0.242. The van der Waals surface area contributed by atoms with E-state index in [9.17, 15) is 4.79 Å². The fourth-order valence-corrected chi connectivity index (χ4v) is 1.03. The van der Waals surface area contributed by atoms with Crippen molar-refractivity contribution in [1.29, 1.82) is 0 Å². The summed E-state index contributed by atoms with van der Waals surface area (Å²) in [6.07, 6.45) is 2.79. The van der Waals surface area contributed by atoms with Gasteiger partial charge in [0.1, 0.15) is 0 Å². The molecule has 0 saturated carbocycles. The van der Waals surface area contributed by atoms with Crippen LogP contribution in [0.25, 0.3) is 0 Å². The maximum atomic E-state index is 11.6. The van der Waals surface area contributed by atoms with E-state index in [0.29, 0.717) is 0 Å². The van der Waals surface area contributed by atoms with Gasteiger partial charge in [0.05, 0.1) is 0 Å². The maximum absolute atomic E-state index is 11.6. The Labute approximate surface area is 87.4 Å². The summed E-state index contributed by atoms with van der Waals surface area (Å²) >= 11 is 0. The Kier molecular flexibility index (Phi) is 5.77. The standard InChI is InChI=1S/C11H24N2O/c1-5-11(3,4)10(14)13-8-6-7-9(2)12/h9H,5-8,12H2,1-4H3,(H,13,14). The van der Waals surface area contributed by atoms with E-state index in [-0.39, 0.29) is 17.4 Å². The van der Waals surface area contributed by atoms with Crippen LogP contribution in [-0.2, 0) is 4.79 Å². The van der Waals surface area contributed by atoms with E-state index in [1.807, 2.05) is 27.7 Å². The van der Waals surface area contributed by atoms with E-state index in [2.05, 4.69) is 5.32 Å². The van der Waals surface area contributed by atoms with Crippen molar-refractivity contribution < 1.29 is 4.79 Å². The number of nitrogens with one attached hydrogen (secondary N) is 1. The number of carbonyl (C=O) groups is 1. The molecule has 14 heavy (non-hydrogen) atoms. The lowest BCUT2D eigenvalue weighted by atomic mass is 9.89. The zero-order chi connectivity index (χ0) is 11.2. The number of hydrogen-bond donors (Lipinski definition) is 2. The number of nitrogens with two attached hydrogens (primary N) is 1. The fraction of sp³-hybridized carbons (Fsp3) is 0.909. The lowest BCUT2D eigenvalue weighted by Crippen LogP contribution is -2.37. The monoisotopic (exact) mass is 200 g/mol. The molecule has 0 bridgehead atoms. The van der Waals surface area contributed by atoms with Crippen LogP contribution in [0.3, 0.4) is 0 Å². The topological polar surface area (TPSA) is 55.1 Å². The molecule has 0 radical (unpaired) electrons. The predicted octanol–water partition coefficient (Wildman–Crippen LogP) is 1.67. The zero-order valence-corrected chi connectivity index (χ0v) is 9.89. The molecule has 0 aromatic rings. The van der Waals surface area contributed by atoms with E-state index in [0.717, 1.165) is 25.8 Å². The minimum Gasteiger partial charge on any atom is -0.356 e. The number of amides is 1. The molecule has 0 fully saturated rings. The summed E-state index contributed by atoms with van der Waals surface area (Å²) in [5, 5.41) is 2.93. The van der Waals surface area contributed by atoms with Crippen molar-refractivity contribution in [2.75, 3.05) is 6.54 Å². The Morgan fingerprint density at radius 1 is 1.50 bits per heavy atom. The normalized spacial score (nSPS) is 13.8. The number of rotatable bonds is 6. The van der Waals surface area contributed by atoms with Crippen LogP contribution in [0.2, 0.25) is 0 Å². The SMILES string of the molecule is CCC(C)(C)C(=O)NCCCC(C)N. The third-order valence-electron chi connectivity index (χ3n) is 2.62. The quantitative estimate of drug-likeness (QED) is 0.641. The van der Waals surface area contributed by atoms with Gasteiger partial charge in [-0.2, -0.15) is 0 Å². The van der Waals surface area contributed by atoms with Crippen molar-refractivity contribution >= 4 is 5.91 Å². The Balaban J connectivity index is 3.64. The highest BCUT2D eigenvalue weighted by Gasteiger charge is 2.24. The molecule has 3 N–H and O–H groups in total. The average Bonchev–Trinajstić information content (AvgIpc) is 2.11. The summed E-state index contributed by atoms with van der Waals surface area (Å²) in [7, 11) is 0. The van der Waals surface area contributed by atoms with Crippen LogP contribution in [-0.4, -0.2) is 18.5 Å². The van der Waals surface area contributed by atoms with Gasteiger partial charge in [-0.15, -0.1) is 0 Å². The Hall–Kier alpha value is -0.570. The first-order chi connectivity index (χ1) is 6.40. The van der Waals surface area contributed by atoms with Gasteiger partial charge in [-0.1, -0.05) is 20.8 Å². The predicted molar refractivity (Wildman–Crippen MR) is 60.0 cm³/mol. The highest BCUT2D eigenvalue weighted by molar-refractivity contribution is 5.81. The van der Waals surface area contributed by atoms with Crippen molar-refractivity contribution in [1.82, 2.24) is 5.32 Å². The zero-order valence-electron chi connectivity index (χ0n) is 9.89. The molecular formula is C11H24N2O. The summed E-state index contributed by atoms with van der Waals surface area (Å²) in [4.78, 5) is 11.6. The second kappa shape index (κ2) is 6.02. The first-order valence-corrected chi connectivity index (χ1v) is 5.44. The Morgan fingerprint density at radius 2 is 2.07 bits per heavy atom. The minimum absolute atomic E-state index is 0.143. The lowest BCUT2D eigenvalue weighted by molar-refractivity contribution is -0.129. The maximum Gasteiger partial charge on any atom is 0.225 e.